The van der Waals surface area contributed by atoms with Crippen LogP contribution in [-0.2, 0) is 4.79 Å². The summed E-state index contributed by atoms with van der Waals surface area (Å²) >= 11 is 0. The molecular weight excluding hydrogens is 220 g/mol. The van der Waals surface area contributed by atoms with Crippen LogP contribution in [0.15, 0.2) is 30.3 Å². The van der Waals surface area contributed by atoms with E-state index in [1.165, 1.54) is 0 Å². The van der Waals surface area contributed by atoms with Gasteiger partial charge in [-0.1, -0.05) is 30.3 Å². The number of hydrogen-bond acceptors (Lipinski definition) is 2. The summed E-state index contributed by atoms with van der Waals surface area (Å²) in [5.74, 6) is -0.929. The Balaban J connectivity index is 2.34. The lowest BCUT2D eigenvalue weighted by atomic mass is 10.1. The molecule has 0 bridgehead atoms. The number of aliphatic carboxylic acids is 1. The lowest BCUT2D eigenvalue weighted by molar-refractivity contribution is -0.136. The summed E-state index contributed by atoms with van der Waals surface area (Å²) in [6.07, 6.45) is -0.0763. The molecule has 0 aliphatic carbocycles. The van der Waals surface area contributed by atoms with Crippen LogP contribution in [0.25, 0.3) is 0 Å². The molecule has 2 amide bonds. The summed E-state index contributed by atoms with van der Waals surface area (Å²) in [5.41, 5.74) is 1.00. The van der Waals surface area contributed by atoms with Gasteiger partial charge in [0.2, 0.25) is 0 Å². The van der Waals surface area contributed by atoms with Crippen molar-refractivity contribution in [1.82, 2.24) is 10.6 Å². The van der Waals surface area contributed by atoms with Gasteiger partial charge in [0.15, 0.2) is 0 Å². The van der Waals surface area contributed by atoms with Crippen LogP contribution in [0.5, 0.6) is 0 Å². The van der Waals surface area contributed by atoms with Gasteiger partial charge in [0.25, 0.3) is 0 Å². The SMILES string of the molecule is C[C@H](NC(=O)NCCC(=O)O)c1ccccc1. The van der Waals surface area contributed by atoms with Gasteiger partial charge in [-0.2, -0.15) is 0 Å². The van der Waals surface area contributed by atoms with Crippen LogP contribution < -0.4 is 10.6 Å². The highest BCUT2D eigenvalue weighted by Gasteiger charge is 2.08. The molecule has 92 valence electrons. The van der Waals surface area contributed by atoms with E-state index in [0.717, 1.165) is 5.56 Å². The molecule has 0 fully saturated rings. The second-order valence-electron chi connectivity index (χ2n) is 3.68. The predicted molar refractivity (Wildman–Crippen MR) is 63.6 cm³/mol. The van der Waals surface area contributed by atoms with Crippen LogP contribution in [0, 0.1) is 0 Å². The summed E-state index contributed by atoms with van der Waals surface area (Å²) in [6.45, 7) is 1.99. The van der Waals surface area contributed by atoms with Crippen LogP contribution in [0.1, 0.15) is 24.9 Å². The number of carbonyl (C=O) groups excluding carboxylic acids is 1. The maximum absolute atomic E-state index is 11.4. The second-order valence-corrected chi connectivity index (χ2v) is 3.68. The number of amides is 2. The summed E-state index contributed by atoms with van der Waals surface area (Å²) in [4.78, 5) is 21.6. The van der Waals surface area contributed by atoms with E-state index in [0.29, 0.717) is 0 Å². The molecule has 0 saturated carbocycles. The summed E-state index contributed by atoms with van der Waals surface area (Å²) in [7, 11) is 0. The number of rotatable bonds is 5. The van der Waals surface area contributed by atoms with Gasteiger partial charge in [-0.05, 0) is 12.5 Å². The molecule has 17 heavy (non-hydrogen) atoms. The van der Waals surface area contributed by atoms with Crippen molar-refractivity contribution in [3.8, 4) is 0 Å². The maximum atomic E-state index is 11.4. The van der Waals surface area contributed by atoms with E-state index in [1.807, 2.05) is 37.3 Å². The fourth-order valence-electron chi connectivity index (χ4n) is 1.36. The smallest absolute Gasteiger partial charge is 0.315 e. The zero-order valence-corrected chi connectivity index (χ0v) is 9.64. The zero-order chi connectivity index (χ0) is 12.7. The molecule has 5 heteroatoms. The first-order chi connectivity index (χ1) is 8.09. The van der Waals surface area contributed by atoms with Crippen molar-refractivity contribution in [3.05, 3.63) is 35.9 Å². The average Bonchev–Trinajstić information content (AvgIpc) is 2.29. The molecule has 0 aliphatic rings. The van der Waals surface area contributed by atoms with Crippen molar-refractivity contribution in [3.63, 3.8) is 0 Å². The van der Waals surface area contributed by atoms with Crippen LogP contribution in [0.3, 0.4) is 0 Å². The highest BCUT2D eigenvalue weighted by atomic mass is 16.4. The molecule has 0 aromatic heterocycles. The van der Waals surface area contributed by atoms with E-state index in [2.05, 4.69) is 10.6 Å². The van der Waals surface area contributed by atoms with Crippen molar-refractivity contribution < 1.29 is 14.7 Å². The minimum absolute atomic E-state index is 0.0763. The minimum atomic E-state index is -0.929. The Hall–Kier alpha value is -2.04. The van der Waals surface area contributed by atoms with Crippen LogP contribution in [0.2, 0.25) is 0 Å². The van der Waals surface area contributed by atoms with E-state index < -0.39 is 5.97 Å². The number of carbonyl (C=O) groups is 2. The fourth-order valence-corrected chi connectivity index (χ4v) is 1.36. The number of carboxylic acid groups (broad SMARTS) is 1. The van der Waals surface area contributed by atoms with E-state index in [4.69, 9.17) is 5.11 Å². The molecule has 0 unspecified atom stereocenters. The molecule has 0 spiro atoms. The van der Waals surface area contributed by atoms with E-state index in [1.54, 1.807) is 0 Å². The number of urea groups is 1. The topological polar surface area (TPSA) is 78.4 Å². The van der Waals surface area contributed by atoms with Crippen molar-refractivity contribution in [2.75, 3.05) is 6.54 Å². The first-order valence-electron chi connectivity index (χ1n) is 5.40. The normalized spacial score (nSPS) is 11.6. The van der Waals surface area contributed by atoms with Crippen molar-refractivity contribution >= 4 is 12.0 Å². The van der Waals surface area contributed by atoms with Gasteiger partial charge in [0, 0.05) is 6.54 Å². The third-order valence-corrected chi connectivity index (χ3v) is 2.27. The number of benzene rings is 1. The Morgan fingerprint density at radius 2 is 1.94 bits per heavy atom. The van der Waals surface area contributed by atoms with Crippen molar-refractivity contribution in [1.29, 1.82) is 0 Å². The molecule has 0 heterocycles. The van der Waals surface area contributed by atoms with Crippen molar-refractivity contribution in [2.45, 2.75) is 19.4 Å². The first-order valence-corrected chi connectivity index (χ1v) is 5.40. The maximum Gasteiger partial charge on any atom is 0.315 e. The Morgan fingerprint density at radius 1 is 1.29 bits per heavy atom. The lowest BCUT2D eigenvalue weighted by Crippen LogP contribution is -2.38. The van der Waals surface area contributed by atoms with Gasteiger partial charge < -0.3 is 15.7 Å². The highest BCUT2D eigenvalue weighted by molar-refractivity contribution is 5.75. The van der Waals surface area contributed by atoms with Crippen LogP contribution in [0.4, 0.5) is 4.79 Å². The number of carboxylic acids is 1. The van der Waals surface area contributed by atoms with Crippen LogP contribution in [-0.4, -0.2) is 23.7 Å². The number of nitrogens with one attached hydrogen (secondary N) is 2. The third kappa shape index (κ3) is 5.01. The summed E-state index contributed by atoms with van der Waals surface area (Å²) in [6, 6.07) is 9.07. The van der Waals surface area contributed by atoms with E-state index in [9.17, 15) is 9.59 Å². The van der Waals surface area contributed by atoms with Gasteiger partial charge in [-0.25, -0.2) is 4.79 Å². The molecule has 5 nitrogen and oxygen atoms in total. The number of hydrogen-bond donors (Lipinski definition) is 3. The monoisotopic (exact) mass is 236 g/mol. The molecular formula is C12H16N2O3. The summed E-state index contributed by atoms with van der Waals surface area (Å²) < 4.78 is 0. The lowest BCUT2D eigenvalue weighted by Gasteiger charge is -2.14. The molecule has 1 rings (SSSR count). The molecule has 3 N–H and O–H groups in total. The molecule has 1 aromatic carbocycles. The Morgan fingerprint density at radius 3 is 2.53 bits per heavy atom. The molecule has 0 saturated heterocycles. The fraction of sp³-hybridized carbons (Fsp3) is 0.333. The highest BCUT2D eigenvalue weighted by Crippen LogP contribution is 2.10. The summed E-state index contributed by atoms with van der Waals surface area (Å²) in [5, 5.41) is 13.6. The van der Waals surface area contributed by atoms with Gasteiger partial charge in [-0.3, -0.25) is 4.79 Å². The average molecular weight is 236 g/mol. The van der Waals surface area contributed by atoms with Gasteiger partial charge in [0.1, 0.15) is 0 Å². The standard InChI is InChI=1S/C12H16N2O3/c1-9(10-5-3-2-4-6-10)14-12(17)13-8-7-11(15)16/h2-6,9H,7-8H2,1H3,(H,15,16)(H2,13,14,17)/t9-/m0/s1. The Kier molecular flexibility index (Phi) is 5.00. The molecule has 1 aromatic rings. The molecule has 1 atom stereocenters. The predicted octanol–water partition coefficient (Wildman–Crippen LogP) is 1.52. The largest absolute Gasteiger partial charge is 0.481 e. The molecule has 0 radical (unpaired) electrons. The second kappa shape index (κ2) is 6.52. The van der Waals surface area contributed by atoms with Crippen molar-refractivity contribution in [2.24, 2.45) is 0 Å². The van der Waals surface area contributed by atoms with E-state index >= 15 is 0 Å². The zero-order valence-electron chi connectivity index (χ0n) is 9.64. The van der Waals surface area contributed by atoms with E-state index in [-0.39, 0.29) is 25.0 Å². The quantitative estimate of drug-likeness (QED) is 0.725. The van der Waals surface area contributed by atoms with Gasteiger partial charge in [-0.15, -0.1) is 0 Å². The van der Waals surface area contributed by atoms with Gasteiger partial charge in [0.05, 0.1) is 12.5 Å². The Labute approximate surface area is 99.8 Å². The molecule has 0 aliphatic heterocycles. The third-order valence-electron chi connectivity index (χ3n) is 2.27. The minimum Gasteiger partial charge on any atom is -0.481 e. The first kappa shape index (κ1) is 13.0. The Bertz CT molecular complexity index is 379. The van der Waals surface area contributed by atoms with Gasteiger partial charge >= 0.3 is 12.0 Å². The van der Waals surface area contributed by atoms with Crippen LogP contribution >= 0.6 is 0 Å².